The van der Waals surface area contributed by atoms with Crippen molar-refractivity contribution < 1.29 is 18.0 Å². The van der Waals surface area contributed by atoms with Crippen molar-refractivity contribution in [1.82, 2.24) is 15.2 Å². The SMILES string of the molecule is CN(C)CCNC(=O)c1cncc(Nc2ccc(F)c(F)c2F)c1. The Labute approximate surface area is 137 Å². The minimum Gasteiger partial charge on any atom is -0.352 e. The molecule has 0 unspecified atom stereocenters. The molecule has 0 fully saturated rings. The fourth-order valence-corrected chi connectivity index (χ4v) is 1.91. The molecule has 128 valence electrons. The van der Waals surface area contributed by atoms with Crippen LogP contribution in [-0.2, 0) is 0 Å². The van der Waals surface area contributed by atoms with Crippen LogP contribution in [0.2, 0.25) is 0 Å². The average molecular weight is 338 g/mol. The molecule has 0 bridgehead atoms. The largest absolute Gasteiger partial charge is 0.352 e. The molecule has 2 N–H and O–H groups in total. The lowest BCUT2D eigenvalue weighted by Gasteiger charge is -2.11. The van der Waals surface area contributed by atoms with Crippen LogP contribution in [0.25, 0.3) is 0 Å². The molecule has 0 aliphatic rings. The van der Waals surface area contributed by atoms with Crippen LogP contribution in [0, 0.1) is 17.5 Å². The molecule has 1 heterocycles. The number of benzene rings is 1. The van der Waals surface area contributed by atoms with Gasteiger partial charge in [0, 0.05) is 19.3 Å². The first kappa shape index (κ1) is 17.7. The smallest absolute Gasteiger partial charge is 0.252 e. The number of aromatic nitrogens is 1. The van der Waals surface area contributed by atoms with Crippen LogP contribution in [0.15, 0.2) is 30.6 Å². The van der Waals surface area contributed by atoms with Gasteiger partial charge >= 0.3 is 0 Å². The number of rotatable bonds is 6. The summed E-state index contributed by atoms with van der Waals surface area (Å²) in [5, 5.41) is 5.29. The topological polar surface area (TPSA) is 57.3 Å². The predicted molar refractivity (Wildman–Crippen MR) is 84.7 cm³/mol. The Hall–Kier alpha value is -2.61. The standard InChI is InChI=1S/C16H17F3N4O/c1-23(2)6-5-21-16(24)10-7-11(9-20-8-10)22-13-4-3-12(17)14(18)15(13)19/h3-4,7-9,22H,5-6H2,1-2H3,(H,21,24). The van der Waals surface area contributed by atoms with Crippen molar-refractivity contribution in [3.63, 3.8) is 0 Å². The molecule has 0 atom stereocenters. The van der Waals surface area contributed by atoms with E-state index in [-0.39, 0.29) is 22.8 Å². The third kappa shape index (κ3) is 4.45. The number of hydrogen-bond donors (Lipinski definition) is 2. The molecule has 0 aliphatic carbocycles. The zero-order chi connectivity index (χ0) is 17.7. The number of likely N-dealkylation sites (N-methyl/N-ethyl adjacent to an activating group) is 1. The summed E-state index contributed by atoms with van der Waals surface area (Å²) in [6.07, 6.45) is 2.70. The number of halogens is 3. The van der Waals surface area contributed by atoms with E-state index < -0.39 is 17.5 Å². The van der Waals surface area contributed by atoms with Gasteiger partial charge in [-0.1, -0.05) is 0 Å². The van der Waals surface area contributed by atoms with Gasteiger partial charge in [-0.2, -0.15) is 0 Å². The fourth-order valence-electron chi connectivity index (χ4n) is 1.91. The zero-order valence-corrected chi connectivity index (χ0v) is 13.2. The molecule has 0 saturated heterocycles. The van der Waals surface area contributed by atoms with Crippen LogP contribution < -0.4 is 10.6 Å². The minimum atomic E-state index is -1.56. The normalized spacial score (nSPS) is 10.8. The van der Waals surface area contributed by atoms with Gasteiger partial charge in [-0.15, -0.1) is 0 Å². The second-order valence-corrected chi connectivity index (χ2v) is 5.37. The molecule has 1 aromatic carbocycles. The number of nitrogens with zero attached hydrogens (tertiary/aromatic N) is 2. The second-order valence-electron chi connectivity index (χ2n) is 5.37. The van der Waals surface area contributed by atoms with E-state index in [1.807, 2.05) is 19.0 Å². The Morgan fingerprint density at radius 3 is 2.62 bits per heavy atom. The molecule has 24 heavy (non-hydrogen) atoms. The maximum absolute atomic E-state index is 13.7. The van der Waals surface area contributed by atoms with Crippen molar-refractivity contribution in [3.05, 3.63) is 53.6 Å². The highest BCUT2D eigenvalue weighted by molar-refractivity contribution is 5.94. The summed E-state index contributed by atoms with van der Waals surface area (Å²) in [7, 11) is 3.77. The fraction of sp³-hybridized carbons (Fsp3) is 0.250. The first-order chi connectivity index (χ1) is 11.4. The highest BCUT2D eigenvalue weighted by Crippen LogP contribution is 2.23. The summed E-state index contributed by atoms with van der Waals surface area (Å²) in [4.78, 5) is 17.8. The maximum Gasteiger partial charge on any atom is 0.252 e. The number of pyridine rings is 1. The van der Waals surface area contributed by atoms with E-state index in [4.69, 9.17) is 0 Å². The van der Waals surface area contributed by atoms with Crippen LogP contribution in [0.4, 0.5) is 24.5 Å². The third-order valence-electron chi connectivity index (χ3n) is 3.16. The second kappa shape index (κ2) is 7.78. The van der Waals surface area contributed by atoms with Crippen LogP contribution in [0.1, 0.15) is 10.4 Å². The molecule has 0 spiro atoms. The molecule has 5 nitrogen and oxygen atoms in total. The van der Waals surface area contributed by atoms with E-state index in [2.05, 4.69) is 15.6 Å². The Balaban J connectivity index is 2.10. The Morgan fingerprint density at radius 1 is 1.17 bits per heavy atom. The average Bonchev–Trinajstić information content (AvgIpc) is 2.55. The number of carbonyl (C=O) groups is 1. The van der Waals surface area contributed by atoms with Crippen molar-refractivity contribution in [2.24, 2.45) is 0 Å². The van der Waals surface area contributed by atoms with Crippen molar-refractivity contribution in [2.75, 3.05) is 32.5 Å². The van der Waals surface area contributed by atoms with Crippen LogP contribution in [-0.4, -0.2) is 43.0 Å². The van der Waals surface area contributed by atoms with Gasteiger partial charge in [0.05, 0.1) is 23.1 Å². The van der Waals surface area contributed by atoms with E-state index in [1.54, 1.807) is 0 Å². The molecule has 8 heteroatoms. The predicted octanol–water partition coefficient (Wildman–Crippen LogP) is 2.53. The van der Waals surface area contributed by atoms with Gasteiger partial charge in [0.25, 0.3) is 5.91 Å². The summed E-state index contributed by atoms with van der Waals surface area (Å²) >= 11 is 0. The highest BCUT2D eigenvalue weighted by atomic mass is 19.2. The van der Waals surface area contributed by atoms with Crippen LogP contribution in [0.3, 0.4) is 0 Å². The first-order valence-corrected chi connectivity index (χ1v) is 7.17. The summed E-state index contributed by atoms with van der Waals surface area (Å²) in [5.74, 6) is -4.51. The van der Waals surface area contributed by atoms with Gasteiger partial charge in [0.15, 0.2) is 17.5 Å². The van der Waals surface area contributed by atoms with Gasteiger partial charge in [0.1, 0.15) is 0 Å². The first-order valence-electron chi connectivity index (χ1n) is 7.17. The molecule has 0 radical (unpaired) electrons. The van der Waals surface area contributed by atoms with E-state index in [0.29, 0.717) is 13.1 Å². The molecule has 2 aromatic rings. The molecular weight excluding hydrogens is 321 g/mol. The van der Waals surface area contributed by atoms with Gasteiger partial charge < -0.3 is 15.5 Å². The van der Waals surface area contributed by atoms with Crippen molar-refractivity contribution in [3.8, 4) is 0 Å². The van der Waals surface area contributed by atoms with E-state index >= 15 is 0 Å². The molecule has 1 aromatic heterocycles. The lowest BCUT2D eigenvalue weighted by atomic mass is 10.2. The third-order valence-corrected chi connectivity index (χ3v) is 3.16. The van der Waals surface area contributed by atoms with Crippen molar-refractivity contribution in [1.29, 1.82) is 0 Å². The minimum absolute atomic E-state index is 0.249. The Morgan fingerprint density at radius 2 is 1.92 bits per heavy atom. The summed E-state index contributed by atoms with van der Waals surface area (Å²) in [6, 6.07) is 3.32. The molecular formula is C16H17F3N4O. The number of amides is 1. The van der Waals surface area contributed by atoms with Crippen molar-refractivity contribution >= 4 is 17.3 Å². The summed E-state index contributed by atoms with van der Waals surface area (Å²) in [5.41, 5.74) is 0.294. The van der Waals surface area contributed by atoms with Gasteiger partial charge in [-0.3, -0.25) is 9.78 Å². The van der Waals surface area contributed by atoms with E-state index in [0.717, 1.165) is 12.1 Å². The molecule has 2 rings (SSSR count). The lowest BCUT2D eigenvalue weighted by Crippen LogP contribution is -2.31. The molecule has 1 amide bonds. The highest BCUT2D eigenvalue weighted by Gasteiger charge is 2.14. The van der Waals surface area contributed by atoms with Gasteiger partial charge in [-0.05, 0) is 32.3 Å². The monoisotopic (exact) mass is 338 g/mol. The van der Waals surface area contributed by atoms with Crippen LogP contribution >= 0.6 is 0 Å². The summed E-state index contributed by atoms with van der Waals surface area (Å²) < 4.78 is 39.8. The Kier molecular flexibility index (Phi) is 5.75. The lowest BCUT2D eigenvalue weighted by molar-refractivity contribution is 0.0950. The number of carbonyl (C=O) groups excluding carboxylic acids is 1. The Bertz CT molecular complexity index is 737. The van der Waals surface area contributed by atoms with Gasteiger partial charge in [-0.25, -0.2) is 13.2 Å². The van der Waals surface area contributed by atoms with E-state index in [9.17, 15) is 18.0 Å². The van der Waals surface area contributed by atoms with Crippen LogP contribution in [0.5, 0.6) is 0 Å². The van der Waals surface area contributed by atoms with E-state index in [1.165, 1.54) is 18.5 Å². The number of anilines is 2. The molecule has 0 saturated carbocycles. The number of nitrogens with one attached hydrogen (secondary N) is 2. The number of hydrogen-bond acceptors (Lipinski definition) is 4. The maximum atomic E-state index is 13.7. The zero-order valence-electron chi connectivity index (χ0n) is 13.2. The quantitative estimate of drug-likeness (QED) is 0.795. The molecule has 0 aliphatic heterocycles. The summed E-state index contributed by atoms with van der Waals surface area (Å²) in [6.45, 7) is 1.14. The van der Waals surface area contributed by atoms with Crippen molar-refractivity contribution in [2.45, 2.75) is 0 Å². The van der Waals surface area contributed by atoms with Gasteiger partial charge in [0.2, 0.25) is 0 Å².